The van der Waals surface area contributed by atoms with Gasteiger partial charge >= 0.3 is 12.2 Å². The van der Waals surface area contributed by atoms with Crippen molar-refractivity contribution in [1.82, 2.24) is 20.9 Å². The van der Waals surface area contributed by atoms with Crippen LogP contribution in [0, 0.1) is 0 Å². The summed E-state index contributed by atoms with van der Waals surface area (Å²) in [5.41, 5.74) is 4.38. The van der Waals surface area contributed by atoms with Crippen molar-refractivity contribution >= 4 is 24.0 Å². The number of amides is 4. The number of rotatable bonds is 10. The molecule has 0 spiro atoms. The van der Waals surface area contributed by atoms with Crippen LogP contribution in [0.3, 0.4) is 0 Å². The molecule has 11 nitrogen and oxygen atoms in total. The van der Waals surface area contributed by atoms with Crippen LogP contribution in [0.25, 0.3) is 0 Å². The molecule has 190 valence electrons. The van der Waals surface area contributed by atoms with Crippen molar-refractivity contribution in [2.45, 2.75) is 90.5 Å². The lowest BCUT2D eigenvalue weighted by atomic mass is 10.1. The molecule has 1 heterocycles. The van der Waals surface area contributed by atoms with E-state index in [4.69, 9.17) is 15.2 Å². The van der Waals surface area contributed by atoms with Gasteiger partial charge < -0.3 is 36.1 Å². The molecule has 0 unspecified atom stereocenters. The van der Waals surface area contributed by atoms with Gasteiger partial charge in [0.25, 0.3) is 0 Å². The van der Waals surface area contributed by atoms with Crippen molar-refractivity contribution in [2.75, 3.05) is 26.2 Å². The van der Waals surface area contributed by atoms with Gasteiger partial charge in [-0.05, 0) is 73.8 Å². The third-order valence-electron chi connectivity index (χ3n) is 4.69. The molecule has 0 aromatic carbocycles. The summed E-state index contributed by atoms with van der Waals surface area (Å²) < 4.78 is 10.4. The molecule has 0 aliphatic carbocycles. The fourth-order valence-electron chi connectivity index (χ4n) is 3.36. The standard InChI is InChI=1S/C22H41N5O6/c1-21(2,3)32-19(30)25-12-8-10-16(17(23)28)27(18(29)15-9-7-11-24-15)14-13-26-20(31)33-22(4,5)6/h15-16,24H,7-14H2,1-6H3,(H2,23,28)(H,25,30)(H,26,31)/t15-,16-/m0/s1. The largest absolute Gasteiger partial charge is 0.444 e. The minimum Gasteiger partial charge on any atom is -0.444 e. The maximum Gasteiger partial charge on any atom is 0.407 e. The van der Waals surface area contributed by atoms with Gasteiger partial charge in [0.1, 0.15) is 17.2 Å². The summed E-state index contributed by atoms with van der Waals surface area (Å²) in [4.78, 5) is 50.5. The fraction of sp³-hybridized carbons (Fsp3) is 0.818. The highest BCUT2D eigenvalue weighted by atomic mass is 16.6. The summed E-state index contributed by atoms with van der Waals surface area (Å²) in [6, 6.07) is -1.27. The molecular weight excluding hydrogens is 430 g/mol. The molecular formula is C22H41N5O6. The summed E-state index contributed by atoms with van der Waals surface area (Å²) in [5.74, 6) is -0.877. The van der Waals surface area contributed by atoms with Gasteiger partial charge in [0.05, 0.1) is 6.04 Å². The first-order chi connectivity index (χ1) is 15.2. The predicted octanol–water partition coefficient (Wildman–Crippen LogP) is 1.25. The normalized spacial score (nSPS) is 17.1. The van der Waals surface area contributed by atoms with Crippen LogP contribution < -0.4 is 21.7 Å². The van der Waals surface area contributed by atoms with Gasteiger partial charge in [-0.2, -0.15) is 0 Å². The number of nitrogens with one attached hydrogen (secondary N) is 3. The van der Waals surface area contributed by atoms with E-state index in [1.807, 2.05) is 0 Å². The Bertz CT molecular complexity index is 680. The van der Waals surface area contributed by atoms with Crippen LogP contribution in [0.2, 0.25) is 0 Å². The molecule has 1 aliphatic heterocycles. The predicted molar refractivity (Wildman–Crippen MR) is 123 cm³/mol. The zero-order valence-electron chi connectivity index (χ0n) is 20.8. The zero-order valence-corrected chi connectivity index (χ0v) is 20.8. The highest BCUT2D eigenvalue weighted by molar-refractivity contribution is 5.89. The van der Waals surface area contributed by atoms with Crippen LogP contribution in [-0.4, -0.2) is 78.4 Å². The lowest BCUT2D eigenvalue weighted by Crippen LogP contribution is -2.55. The molecule has 0 radical (unpaired) electrons. The number of alkyl carbamates (subject to hydrolysis) is 2. The molecule has 1 fully saturated rings. The molecule has 2 atom stereocenters. The molecule has 0 saturated carbocycles. The first-order valence-corrected chi connectivity index (χ1v) is 11.5. The molecule has 0 bridgehead atoms. The average molecular weight is 472 g/mol. The third kappa shape index (κ3) is 11.7. The number of hydrogen-bond acceptors (Lipinski definition) is 7. The SMILES string of the molecule is CC(C)(C)OC(=O)NCCC[C@@H](C(N)=O)N(CCNC(=O)OC(C)(C)C)C(=O)[C@@H]1CCCN1. The second kappa shape index (κ2) is 12.6. The van der Waals surface area contributed by atoms with Gasteiger partial charge in [-0.25, -0.2) is 9.59 Å². The maximum atomic E-state index is 13.1. The second-order valence-corrected chi connectivity index (χ2v) is 10.1. The number of ether oxygens (including phenoxy) is 2. The number of nitrogens with zero attached hydrogens (tertiary/aromatic N) is 1. The number of carbonyl (C=O) groups is 4. The number of nitrogens with two attached hydrogens (primary N) is 1. The van der Waals surface area contributed by atoms with Crippen molar-refractivity contribution in [3.63, 3.8) is 0 Å². The van der Waals surface area contributed by atoms with Gasteiger partial charge in [0, 0.05) is 19.6 Å². The van der Waals surface area contributed by atoms with E-state index in [0.29, 0.717) is 12.8 Å². The Balaban J connectivity index is 2.73. The smallest absolute Gasteiger partial charge is 0.407 e. The summed E-state index contributed by atoms with van der Waals surface area (Å²) in [6.07, 6.45) is 1.04. The van der Waals surface area contributed by atoms with E-state index in [1.54, 1.807) is 41.5 Å². The van der Waals surface area contributed by atoms with Crippen LogP contribution in [-0.2, 0) is 19.1 Å². The van der Waals surface area contributed by atoms with E-state index in [0.717, 1.165) is 13.0 Å². The van der Waals surface area contributed by atoms with Crippen LogP contribution in [0.5, 0.6) is 0 Å². The topological polar surface area (TPSA) is 152 Å². The van der Waals surface area contributed by atoms with E-state index < -0.39 is 41.4 Å². The monoisotopic (exact) mass is 471 g/mol. The average Bonchev–Trinajstić information content (AvgIpc) is 3.17. The van der Waals surface area contributed by atoms with Gasteiger partial charge in [-0.15, -0.1) is 0 Å². The van der Waals surface area contributed by atoms with Crippen LogP contribution in [0.15, 0.2) is 0 Å². The second-order valence-electron chi connectivity index (χ2n) is 10.1. The summed E-state index contributed by atoms with van der Waals surface area (Å²) >= 11 is 0. The first-order valence-electron chi connectivity index (χ1n) is 11.5. The summed E-state index contributed by atoms with van der Waals surface area (Å²) in [6.45, 7) is 11.7. The molecule has 1 rings (SSSR count). The molecule has 1 aliphatic rings. The van der Waals surface area contributed by atoms with Crippen molar-refractivity contribution in [2.24, 2.45) is 5.73 Å². The lowest BCUT2D eigenvalue weighted by molar-refractivity contribution is -0.141. The van der Waals surface area contributed by atoms with Gasteiger partial charge in [-0.3, -0.25) is 9.59 Å². The first kappa shape index (κ1) is 28.5. The van der Waals surface area contributed by atoms with E-state index >= 15 is 0 Å². The highest BCUT2D eigenvalue weighted by Crippen LogP contribution is 2.14. The quantitative estimate of drug-likeness (QED) is 0.350. The van der Waals surface area contributed by atoms with Crippen LogP contribution >= 0.6 is 0 Å². The molecule has 0 aromatic heterocycles. The van der Waals surface area contributed by atoms with E-state index in [1.165, 1.54) is 4.90 Å². The molecule has 0 aromatic rings. The zero-order chi connectivity index (χ0) is 25.2. The van der Waals surface area contributed by atoms with Crippen molar-refractivity contribution in [3.8, 4) is 0 Å². The Morgan fingerprint density at radius 1 is 1.00 bits per heavy atom. The Labute approximate surface area is 196 Å². The number of carbonyl (C=O) groups excluding carboxylic acids is 4. The Morgan fingerprint density at radius 2 is 1.55 bits per heavy atom. The number of hydrogen-bond donors (Lipinski definition) is 4. The molecule has 33 heavy (non-hydrogen) atoms. The highest BCUT2D eigenvalue weighted by Gasteiger charge is 2.33. The number of primary amides is 1. The summed E-state index contributed by atoms with van der Waals surface area (Å²) in [5, 5.41) is 8.38. The minimum atomic E-state index is -0.874. The van der Waals surface area contributed by atoms with Crippen LogP contribution in [0.1, 0.15) is 67.2 Å². The van der Waals surface area contributed by atoms with Crippen LogP contribution in [0.4, 0.5) is 9.59 Å². The van der Waals surface area contributed by atoms with Crippen molar-refractivity contribution in [1.29, 1.82) is 0 Å². The van der Waals surface area contributed by atoms with Gasteiger partial charge in [0.2, 0.25) is 11.8 Å². The Hall–Kier alpha value is -2.56. The van der Waals surface area contributed by atoms with E-state index in [9.17, 15) is 19.2 Å². The van der Waals surface area contributed by atoms with E-state index in [2.05, 4.69) is 16.0 Å². The molecule has 1 saturated heterocycles. The van der Waals surface area contributed by atoms with Gasteiger partial charge in [0.15, 0.2) is 0 Å². The Kier molecular flexibility index (Phi) is 10.9. The van der Waals surface area contributed by atoms with E-state index in [-0.39, 0.29) is 32.0 Å². The Morgan fingerprint density at radius 3 is 2.00 bits per heavy atom. The summed E-state index contributed by atoms with van der Waals surface area (Å²) in [7, 11) is 0. The molecule has 5 N–H and O–H groups in total. The van der Waals surface area contributed by atoms with Crippen molar-refractivity contribution in [3.05, 3.63) is 0 Å². The fourth-order valence-corrected chi connectivity index (χ4v) is 3.36. The molecule has 11 heteroatoms. The maximum absolute atomic E-state index is 13.1. The minimum absolute atomic E-state index is 0.101. The van der Waals surface area contributed by atoms with Crippen molar-refractivity contribution < 1.29 is 28.7 Å². The molecule has 4 amide bonds. The lowest BCUT2D eigenvalue weighted by Gasteiger charge is -2.32. The third-order valence-corrected chi connectivity index (χ3v) is 4.69. The van der Waals surface area contributed by atoms with Gasteiger partial charge in [-0.1, -0.05) is 0 Å².